The molecule has 0 amide bonds. The van der Waals surface area contributed by atoms with Gasteiger partial charge in [-0.3, -0.25) is 0 Å². The fraction of sp³-hybridized carbons (Fsp3) is 0.133. The van der Waals surface area contributed by atoms with Crippen molar-refractivity contribution in [2.75, 3.05) is 11.9 Å². The summed E-state index contributed by atoms with van der Waals surface area (Å²) in [5.41, 5.74) is 1.13. The van der Waals surface area contributed by atoms with Gasteiger partial charge in [-0.25, -0.2) is 4.98 Å². The Morgan fingerprint density at radius 3 is 2.80 bits per heavy atom. The number of nitrogens with one attached hydrogen (secondary N) is 1. The Hall–Kier alpha value is -1.59. The van der Waals surface area contributed by atoms with Gasteiger partial charge in [-0.2, -0.15) is 0 Å². The molecule has 0 unspecified atom stereocenters. The van der Waals surface area contributed by atoms with Crippen LogP contribution in [0.3, 0.4) is 0 Å². The van der Waals surface area contributed by atoms with Crippen molar-refractivity contribution in [2.45, 2.75) is 6.54 Å². The molecule has 0 spiro atoms. The van der Waals surface area contributed by atoms with Crippen LogP contribution in [0, 0.1) is 0 Å². The van der Waals surface area contributed by atoms with Gasteiger partial charge in [0.25, 0.3) is 0 Å². The van der Waals surface area contributed by atoms with E-state index in [1.807, 2.05) is 24.5 Å². The largest absolute Gasteiger partial charge is 0.383 e. The Balaban J connectivity index is 1.62. The number of hydrogen-bond acceptors (Lipinski definition) is 3. The van der Waals surface area contributed by atoms with Gasteiger partial charge in [0.1, 0.15) is 5.82 Å². The lowest BCUT2D eigenvalue weighted by atomic mass is 10.3. The molecule has 2 heterocycles. The quantitative estimate of drug-likeness (QED) is 0.736. The number of rotatable bonds is 5. The van der Waals surface area contributed by atoms with Crippen LogP contribution in [0.2, 0.25) is 0 Å². The van der Waals surface area contributed by atoms with Gasteiger partial charge in [0.05, 0.1) is 4.88 Å². The Morgan fingerprint density at radius 1 is 1.20 bits per heavy atom. The fourth-order valence-electron chi connectivity index (χ4n) is 2.01. The second-order valence-electron chi connectivity index (χ2n) is 4.36. The lowest BCUT2D eigenvalue weighted by Gasteiger charge is -2.09. The lowest BCUT2D eigenvalue weighted by molar-refractivity contribution is 0.736. The monoisotopic (exact) mass is 347 g/mol. The summed E-state index contributed by atoms with van der Waals surface area (Å²) in [6, 6.07) is 12.4. The van der Waals surface area contributed by atoms with E-state index < -0.39 is 0 Å². The summed E-state index contributed by atoms with van der Waals surface area (Å²) in [6.07, 6.45) is 3.88. The van der Waals surface area contributed by atoms with Gasteiger partial charge in [0.2, 0.25) is 0 Å². The van der Waals surface area contributed by atoms with Gasteiger partial charge in [0.15, 0.2) is 0 Å². The molecule has 1 N–H and O–H groups in total. The van der Waals surface area contributed by atoms with E-state index in [9.17, 15) is 0 Å². The normalized spacial score (nSPS) is 10.7. The molecular formula is C15H14BrN3S. The summed E-state index contributed by atoms with van der Waals surface area (Å²) in [6.45, 7) is 1.76. The third-order valence-corrected chi connectivity index (χ3v) is 4.38. The van der Waals surface area contributed by atoms with E-state index in [2.05, 4.69) is 60.4 Å². The summed E-state index contributed by atoms with van der Waals surface area (Å²) in [5, 5.41) is 5.49. The van der Waals surface area contributed by atoms with Gasteiger partial charge < -0.3 is 9.88 Å². The number of nitrogens with zero attached hydrogens (tertiary/aromatic N) is 2. The van der Waals surface area contributed by atoms with Crippen molar-refractivity contribution in [2.24, 2.45) is 0 Å². The molecule has 0 saturated heterocycles. The molecule has 0 fully saturated rings. The third kappa shape index (κ3) is 3.11. The molecule has 2 aromatic heterocycles. The number of aromatic nitrogens is 2. The summed E-state index contributed by atoms with van der Waals surface area (Å²) in [4.78, 5) is 5.64. The molecular weight excluding hydrogens is 334 g/mol. The minimum absolute atomic E-state index is 0.871. The number of benzene rings is 1. The minimum Gasteiger partial charge on any atom is -0.383 e. The SMILES string of the molecule is Brc1ccc(NCCn2ccnc2-c2cccs2)cc1. The van der Waals surface area contributed by atoms with E-state index in [0.29, 0.717) is 0 Å². The Kier molecular flexibility index (Phi) is 4.18. The van der Waals surface area contributed by atoms with Crippen LogP contribution in [0.15, 0.2) is 58.6 Å². The molecule has 0 aliphatic heterocycles. The van der Waals surface area contributed by atoms with Crippen LogP contribution >= 0.6 is 27.3 Å². The molecule has 0 saturated carbocycles. The predicted molar refractivity (Wildman–Crippen MR) is 88.2 cm³/mol. The molecule has 20 heavy (non-hydrogen) atoms. The van der Waals surface area contributed by atoms with Crippen molar-refractivity contribution in [1.29, 1.82) is 0 Å². The zero-order valence-corrected chi connectivity index (χ0v) is 13.2. The second-order valence-corrected chi connectivity index (χ2v) is 6.22. The van der Waals surface area contributed by atoms with Crippen molar-refractivity contribution in [3.63, 3.8) is 0 Å². The minimum atomic E-state index is 0.871. The van der Waals surface area contributed by atoms with Gasteiger partial charge in [-0.05, 0) is 35.7 Å². The Bertz CT molecular complexity index is 659. The summed E-state index contributed by atoms with van der Waals surface area (Å²) in [5.74, 6) is 1.04. The van der Waals surface area contributed by atoms with E-state index in [0.717, 1.165) is 29.1 Å². The summed E-state index contributed by atoms with van der Waals surface area (Å²) >= 11 is 5.15. The molecule has 102 valence electrons. The highest BCUT2D eigenvalue weighted by Crippen LogP contribution is 2.22. The first-order valence-corrected chi connectivity index (χ1v) is 8.04. The molecule has 0 aliphatic carbocycles. The van der Waals surface area contributed by atoms with Crippen LogP contribution in [0.1, 0.15) is 0 Å². The van der Waals surface area contributed by atoms with Crippen LogP contribution in [-0.2, 0) is 6.54 Å². The second kappa shape index (κ2) is 6.24. The molecule has 1 aromatic carbocycles. The van der Waals surface area contributed by atoms with Crippen molar-refractivity contribution in [3.8, 4) is 10.7 Å². The van der Waals surface area contributed by atoms with Crippen LogP contribution < -0.4 is 5.32 Å². The molecule has 0 bridgehead atoms. The highest BCUT2D eigenvalue weighted by molar-refractivity contribution is 9.10. The number of halogens is 1. The number of hydrogen-bond donors (Lipinski definition) is 1. The van der Waals surface area contributed by atoms with E-state index in [1.165, 1.54) is 4.88 Å². The lowest BCUT2D eigenvalue weighted by Crippen LogP contribution is -2.10. The van der Waals surface area contributed by atoms with E-state index in [4.69, 9.17) is 0 Å². The zero-order chi connectivity index (χ0) is 13.8. The van der Waals surface area contributed by atoms with Gasteiger partial charge in [-0.15, -0.1) is 11.3 Å². The van der Waals surface area contributed by atoms with E-state index in [-0.39, 0.29) is 0 Å². The van der Waals surface area contributed by atoms with Gasteiger partial charge >= 0.3 is 0 Å². The average molecular weight is 348 g/mol. The van der Waals surface area contributed by atoms with Crippen LogP contribution in [0.5, 0.6) is 0 Å². The standard InChI is InChI=1S/C15H14BrN3S/c16-12-3-5-13(6-4-12)17-7-9-19-10-8-18-15(19)14-2-1-11-20-14/h1-6,8,10-11,17H,7,9H2. The van der Waals surface area contributed by atoms with Crippen LogP contribution in [-0.4, -0.2) is 16.1 Å². The molecule has 0 radical (unpaired) electrons. The Labute approximate surface area is 130 Å². The van der Waals surface area contributed by atoms with E-state index in [1.54, 1.807) is 11.3 Å². The highest BCUT2D eigenvalue weighted by Gasteiger charge is 2.06. The molecule has 3 aromatic rings. The predicted octanol–water partition coefficient (Wildman–Crippen LogP) is 4.49. The zero-order valence-electron chi connectivity index (χ0n) is 10.8. The topological polar surface area (TPSA) is 29.9 Å². The van der Waals surface area contributed by atoms with Gasteiger partial charge in [0, 0.05) is 35.6 Å². The molecule has 0 atom stereocenters. The molecule has 3 nitrogen and oxygen atoms in total. The third-order valence-electron chi connectivity index (χ3n) is 2.98. The highest BCUT2D eigenvalue weighted by atomic mass is 79.9. The first-order chi connectivity index (χ1) is 9.83. The smallest absolute Gasteiger partial charge is 0.150 e. The number of anilines is 1. The maximum absolute atomic E-state index is 4.44. The summed E-state index contributed by atoms with van der Waals surface area (Å²) < 4.78 is 3.27. The maximum Gasteiger partial charge on any atom is 0.150 e. The van der Waals surface area contributed by atoms with Crippen molar-refractivity contribution < 1.29 is 0 Å². The number of imidazole rings is 1. The maximum atomic E-state index is 4.44. The van der Waals surface area contributed by atoms with Crippen LogP contribution in [0.25, 0.3) is 10.7 Å². The Morgan fingerprint density at radius 2 is 2.05 bits per heavy atom. The molecule has 0 aliphatic rings. The van der Waals surface area contributed by atoms with Gasteiger partial charge in [-0.1, -0.05) is 22.0 Å². The van der Waals surface area contributed by atoms with Crippen molar-refractivity contribution >= 4 is 33.0 Å². The van der Waals surface area contributed by atoms with Crippen LogP contribution in [0.4, 0.5) is 5.69 Å². The average Bonchev–Trinajstić information content (AvgIpc) is 3.11. The molecule has 5 heteroatoms. The fourth-order valence-corrected chi connectivity index (χ4v) is 3.01. The molecule has 3 rings (SSSR count). The first-order valence-electron chi connectivity index (χ1n) is 6.37. The van der Waals surface area contributed by atoms with Crippen molar-refractivity contribution in [1.82, 2.24) is 9.55 Å². The van der Waals surface area contributed by atoms with E-state index >= 15 is 0 Å². The summed E-state index contributed by atoms with van der Waals surface area (Å²) in [7, 11) is 0. The first kappa shape index (κ1) is 13.4. The van der Waals surface area contributed by atoms with Crippen molar-refractivity contribution in [3.05, 3.63) is 58.6 Å². The number of thiophene rings is 1.